The lowest BCUT2D eigenvalue weighted by atomic mass is 10.1. The summed E-state index contributed by atoms with van der Waals surface area (Å²) in [6.45, 7) is 3.65. The van der Waals surface area contributed by atoms with Gasteiger partial charge in [-0.3, -0.25) is 4.79 Å². The smallest absolute Gasteiger partial charge is 0.255 e. The number of aryl methyl sites for hydroxylation is 2. The molecule has 92 valence electrons. The van der Waals surface area contributed by atoms with Crippen molar-refractivity contribution in [1.82, 2.24) is 0 Å². The summed E-state index contributed by atoms with van der Waals surface area (Å²) in [5.74, 6) is 0.0917. The maximum Gasteiger partial charge on any atom is 0.255 e. The van der Waals surface area contributed by atoms with E-state index in [1.807, 2.05) is 25.1 Å². The van der Waals surface area contributed by atoms with E-state index < -0.39 is 0 Å². The van der Waals surface area contributed by atoms with Crippen molar-refractivity contribution in [3.63, 3.8) is 0 Å². The first-order valence-electron chi connectivity index (χ1n) is 5.74. The topological polar surface area (TPSA) is 49.3 Å². The summed E-state index contributed by atoms with van der Waals surface area (Å²) in [4.78, 5) is 12.0. The molecule has 0 heterocycles. The van der Waals surface area contributed by atoms with Crippen LogP contribution >= 0.6 is 0 Å². The standard InChI is InChI=1S/C15H15NO2/c1-10-9-14(17)11(2)8-13(10)16-15(18)12-6-4-3-5-7-12/h3-9,17H,1-2H3,(H,16,18). The monoisotopic (exact) mass is 241 g/mol. The molecule has 0 aromatic heterocycles. The SMILES string of the molecule is Cc1cc(NC(=O)c2ccccc2)c(C)cc1O. The second-order valence-electron chi connectivity index (χ2n) is 4.27. The molecule has 2 aromatic rings. The van der Waals surface area contributed by atoms with Crippen molar-refractivity contribution in [2.24, 2.45) is 0 Å². The molecule has 0 aliphatic carbocycles. The molecule has 0 saturated carbocycles. The number of rotatable bonds is 2. The first-order valence-corrected chi connectivity index (χ1v) is 5.74. The number of hydrogen-bond acceptors (Lipinski definition) is 2. The summed E-state index contributed by atoms with van der Waals surface area (Å²) in [5, 5.41) is 12.4. The van der Waals surface area contributed by atoms with Gasteiger partial charge in [0.05, 0.1) is 0 Å². The molecule has 1 amide bonds. The van der Waals surface area contributed by atoms with Crippen LogP contribution in [0, 0.1) is 13.8 Å². The minimum absolute atomic E-state index is 0.149. The third-order valence-corrected chi connectivity index (χ3v) is 2.83. The van der Waals surface area contributed by atoms with Crippen LogP contribution in [-0.4, -0.2) is 11.0 Å². The van der Waals surface area contributed by atoms with Crippen LogP contribution in [-0.2, 0) is 0 Å². The Balaban J connectivity index is 2.25. The second-order valence-corrected chi connectivity index (χ2v) is 4.27. The molecule has 3 nitrogen and oxygen atoms in total. The van der Waals surface area contributed by atoms with E-state index in [1.165, 1.54) is 0 Å². The van der Waals surface area contributed by atoms with Crippen LogP contribution < -0.4 is 5.32 Å². The van der Waals surface area contributed by atoms with Gasteiger partial charge in [0.2, 0.25) is 0 Å². The van der Waals surface area contributed by atoms with Crippen molar-refractivity contribution in [3.8, 4) is 5.75 Å². The number of phenolic OH excluding ortho intramolecular Hbond substituents is 1. The lowest BCUT2D eigenvalue weighted by molar-refractivity contribution is 0.102. The minimum Gasteiger partial charge on any atom is -0.508 e. The van der Waals surface area contributed by atoms with E-state index in [1.54, 1.807) is 31.2 Å². The highest BCUT2D eigenvalue weighted by Crippen LogP contribution is 2.25. The van der Waals surface area contributed by atoms with Crippen LogP contribution in [0.15, 0.2) is 42.5 Å². The zero-order valence-corrected chi connectivity index (χ0v) is 10.4. The molecule has 18 heavy (non-hydrogen) atoms. The van der Waals surface area contributed by atoms with Gasteiger partial charge in [-0.1, -0.05) is 18.2 Å². The Bertz CT molecular complexity index is 577. The zero-order valence-electron chi connectivity index (χ0n) is 10.4. The van der Waals surface area contributed by atoms with E-state index in [9.17, 15) is 9.90 Å². The van der Waals surface area contributed by atoms with E-state index in [2.05, 4.69) is 5.32 Å². The van der Waals surface area contributed by atoms with Crippen LogP contribution in [0.1, 0.15) is 21.5 Å². The molecule has 0 bridgehead atoms. The molecule has 2 aromatic carbocycles. The summed E-state index contributed by atoms with van der Waals surface area (Å²) in [6.07, 6.45) is 0. The molecule has 0 aliphatic heterocycles. The fourth-order valence-corrected chi connectivity index (χ4v) is 1.72. The predicted molar refractivity (Wildman–Crippen MR) is 72.0 cm³/mol. The van der Waals surface area contributed by atoms with Crippen LogP contribution in [0.3, 0.4) is 0 Å². The Morgan fingerprint density at radius 1 is 1.06 bits per heavy atom. The highest BCUT2D eigenvalue weighted by Gasteiger charge is 2.08. The molecule has 0 spiro atoms. The van der Waals surface area contributed by atoms with Gasteiger partial charge in [0.25, 0.3) is 5.91 Å². The van der Waals surface area contributed by atoms with Crippen molar-refractivity contribution in [2.45, 2.75) is 13.8 Å². The highest BCUT2D eigenvalue weighted by atomic mass is 16.3. The number of anilines is 1. The molecule has 3 heteroatoms. The first-order chi connectivity index (χ1) is 8.58. The first kappa shape index (κ1) is 12.2. The van der Waals surface area contributed by atoms with E-state index in [0.29, 0.717) is 5.56 Å². The molecule has 0 saturated heterocycles. The number of phenols is 1. The van der Waals surface area contributed by atoms with E-state index in [0.717, 1.165) is 16.8 Å². The second kappa shape index (κ2) is 4.92. The van der Waals surface area contributed by atoms with Crippen molar-refractivity contribution in [1.29, 1.82) is 0 Å². The predicted octanol–water partition coefficient (Wildman–Crippen LogP) is 3.26. The Morgan fingerprint density at radius 3 is 2.39 bits per heavy atom. The molecule has 0 radical (unpaired) electrons. The minimum atomic E-state index is -0.149. The fourth-order valence-electron chi connectivity index (χ4n) is 1.72. The van der Waals surface area contributed by atoms with Gasteiger partial charge in [-0.15, -0.1) is 0 Å². The third kappa shape index (κ3) is 2.51. The van der Waals surface area contributed by atoms with Gasteiger partial charge in [0.1, 0.15) is 5.75 Å². The number of carbonyl (C=O) groups excluding carboxylic acids is 1. The number of hydrogen-bond donors (Lipinski definition) is 2. The Labute approximate surface area is 106 Å². The number of nitrogens with one attached hydrogen (secondary N) is 1. The van der Waals surface area contributed by atoms with E-state index in [-0.39, 0.29) is 11.7 Å². The maximum atomic E-state index is 12.0. The van der Waals surface area contributed by atoms with Gasteiger partial charge in [0.15, 0.2) is 0 Å². The lowest BCUT2D eigenvalue weighted by Gasteiger charge is -2.10. The summed E-state index contributed by atoms with van der Waals surface area (Å²) < 4.78 is 0. The summed E-state index contributed by atoms with van der Waals surface area (Å²) in [7, 11) is 0. The summed E-state index contributed by atoms with van der Waals surface area (Å²) >= 11 is 0. The number of amides is 1. The maximum absolute atomic E-state index is 12.0. The molecule has 0 atom stereocenters. The van der Waals surface area contributed by atoms with Gasteiger partial charge >= 0.3 is 0 Å². The van der Waals surface area contributed by atoms with Crippen molar-refractivity contribution in [2.75, 3.05) is 5.32 Å². The van der Waals surface area contributed by atoms with Gasteiger partial charge in [-0.05, 0) is 49.2 Å². The van der Waals surface area contributed by atoms with Gasteiger partial charge in [-0.25, -0.2) is 0 Å². The largest absolute Gasteiger partial charge is 0.508 e. The average molecular weight is 241 g/mol. The molecule has 0 fully saturated rings. The van der Waals surface area contributed by atoms with Gasteiger partial charge in [-0.2, -0.15) is 0 Å². The number of aromatic hydroxyl groups is 1. The van der Waals surface area contributed by atoms with Crippen molar-refractivity contribution in [3.05, 3.63) is 59.2 Å². The Kier molecular flexibility index (Phi) is 3.33. The highest BCUT2D eigenvalue weighted by molar-refractivity contribution is 6.04. The van der Waals surface area contributed by atoms with Gasteiger partial charge < -0.3 is 10.4 Å². The third-order valence-electron chi connectivity index (χ3n) is 2.83. The van der Waals surface area contributed by atoms with Crippen LogP contribution in [0.2, 0.25) is 0 Å². The van der Waals surface area contributed by atoms with Crippen LogP contribution in [0.25, 0.3) is 0 Å². The molecular weight excluding hydrogens is 226 g/mol. The van der Waals surface area contributed by atoms with Crippen LogP contribution in [0.5, 0.6) is 5.75 Å². The number of carbonyl (C=O) groups is 1. The number of benzene rings is 2. The molecule has 0 aliphatic rings. The molecule has 2 rings (SSSR count). The molecular formula is C15H15NO2. The Hall–Kier alpha value is -2.29. The molecule has 2 N–H and O–H groups in total. The Morgan fingerprint density at radius 2 is 1.72 bits per heavy atom. The zero-order chi connectivity index (χ0) is 13.1. The summed E-state index contributed by atoms with van der Waals surface area (Å²) in [5.41, 5.74) is 2.91. The van der Waals surface area contributed by atoms with Crippen LogP contribution in [0.4, 0.5) is 5.69 Å². The normalized spacial score (nSPS) is 10.1. The lowest BCUT2D eigenvalue weighted by Crippen LogP contribution is -2.12. The average Bonchev–Trinajstić information content (AvgIpc) is 2.37. The molecule has 0 unspecified atom stereocenters. The van der Waals surface area contributed by atoms with E-state index in [4.69, 9.17) is 0 Å². The van der Waals surface area contributed by atoms with Crippen molar-refractivity contribution >= 4 is 11.6 Å². The van der Waals surface area contributed by atoms with Crippen molar-refractivity contribution < 1.29 is 9.90 Å². The van der Waals surface area contributed by atoms with Gasteiger partial charge in [0, 0.05) is 11.3 Å². The summed E-state index contributed by atoms with van der Waals surface area (Å²) in [6, 6.07) is 12.5. The fraction of sp³-hybridized carbons (Fsp3) is 0.133. The quantitative estimate of drug-likeness (QED) is 0.793. The van der Waals surface area contributed by atoms with E-state index >= 15 is 0 Å².